The van der Waals surface area contributed by atoms with E-state index < -0.39 is 28.6 Å². The predicted molar refractivity (Wildman–Crippen MR) is 139 cm³/mol. The summed E-state index contributed by atoms with van der Waals surface area (Å²) in [5, 5.41) is 22.5. The number of benzene rings is 2. The number of aliphatic hydroxyl groups is 1. The topological polar surface area (TPSA) is 91.0 Å². The van der Waals surface area contributed by atoms with E-state index in [1.54, 1.807) is 36.4 Å². The van der Waals surface area contributed by atoms with Crippen molar-refractivity contribution in [3.05, 3.63) is 94.4 Å². The van der Waals surface area contributed by atoms with Gasteiger partial charge in [0.2, 0.25) is 0 Å². The second-order valence-corrected chi connectivity index (χ2v) is 11.3. The molecular formula is C30H33NO5. The Morgan fingerprint density at radius 2 is 1.50 bits per heavy atom. The van der Waals surface area contributed by atoms with Crippen LogP contribution in [0.3, 0.4) is 0 Å². The number of Topliss-reactive ketones (excluding diaryl/α,β-unsaturated/α-hetero) is 1. The van der Waals surface area contributed by atoms with E-state index in [1.807, 2.05) is 59.7 Å². The Morgan fingerprint density at radius 3 is 2.00 bits per heavy atom. The van der Waals surface area contributed by atoms with Crippen molar-refractivity contribution in [2.24, 2.45) is 0 Å². The fraction of sp³-hybridized carbons (Fsp3) is 0.333. The molecule has 1 unspecified atom stereocenters. The standard InChI is InChI=1S/C30H33NO5/c1-29(2,3)21-15-19(16-22(26(21)33)30(4,5)6)24-23(25(32)18-11-8-7-9-12-18)27(34)28(35)31(24)17-20-13-10-14-36-20/h7-16,24,32-33H,17H2,1-6H3. The van der Waals surface area contributed by atoms with Gasteiger partial charge in [-0.05, 0) is 51.8 Å². The molecule has 1 aromatic heterocycles. The van der Waals surface area contributed by atoms with Gasteiger partial charge in [0.1, 0.15) is 17.3 Å². The van der Waals surface area contributed by atoms with Crippen LogP contribution < -0.4 is 0 Å². The molecule has 6 nitrogen and oxygen atoms in total. The molecule has 2 N–H and O–H groups in total. The lowest BCUT2D eigenvalue weighted by Gasteiger charge is -2.31. The lowest BCUT2D eigenvalue weighted by atomic mass is 9.77. The molecule has 1 aliphatic rings. The minimum absolute atomic E-state index is 0.0168. The van der Waals surface area contributed by atoms with Crippen LogP contribution in [0.25, 0.3) is 5.76 Å². The summed E-state index contributed by atoms with van der Waals surface area (Å²) >= 11 is 0. The van der Waals surface area contributed by atoms with Crippen LogP contribution in [0.15, 0.2) is 70.9 Å². The summed E-state index contributed by atoms with van der Waals surface area (Å²) in [5.74, 6) is -0.979. The molecule has 2 heterocycles. The van der Waals surface area contributed by atoms with Crippen molar-refractivity contribution >= 4 is 17.4 Å². The number of phenols is 1. The summed E-state index contributed by atoms with van der Waals surface area (Å²) in [7, 11) is 0. The van der Waals surface area contributed by atoms with Gasteiger partial charge >= 0.3 is 0 Å². The van der Waals surface area contributed by atoms with Crippen LogP contribution in [-0.4, -0.2) is 26.8 Å². The molecule has 2 aromatic carbocycles. The molecular weight excluding hydrogens is 454 g/mol. The van der Waals surface area contributed by atoms with Crippen molar-refractivity contribution in [1.82, 2.24) is 4.90 Å². The number of likely N-dealkylation sites (tertiary alicyclic amines) is 1. The zero-order valence-electron chi connectivity index (χ0n) is 21.6. The first-order valence-corrected chi connectivity index (χ1v) is 12.0. The summed E-state index contributed by atoms with van der Waals surface area (Å²) in [4.78, 5) is 28.1. The second kappa shape index (κ2) is 9.01. The molecule has 1 atom stereocenters. The van der Waals surface area contributed by atoms with Crippen LogP contribution >= 0.6 is 0 Å². The maximum atomic E-state index is 13.4. The van der Waals surface area contributed by atoms with E-state index in [4.69, 9.17) is 4.42 Å². The monoisotopic (exact) mass is 487 g/mol. The van der Waals surface area contributed by atoms with Crippen molar-refractivity contribution < 1.29 is 24.2 Å². The Labute approximate surface area is 211 Å². The summed E-state index contributed by atoms with van der Waals surface area (Å²) in [6, 6.07) is 15.0. The molecule has 1 fully saturated rings. The number of furan rings is 1. The fourth-order valence-corrected chi connectivity index (χ4v) is 4.67. The van der Waals surface area contributed by atoms with E-state index in [-0.39, 0.29) is 23.6 Å². The normalized spacial score (nSPS) is 18.2. The van der Waals surface area contributed by atoms with Crippen molar-refractivity contribution in [3.63, 3.8) is 0 Å². The zero-order chi connectivity index (χ0) is 26.4. The number of aliphatic hydroxyl groups excluding tert-OH is 1. The lowest BCUT2D eigenvalue weighted by molar-refractivity contribution is -0.140. The van der Waals surface area contributed by atoms with Crippen LogP contribution in [0.2, 0.25) is 0 Å². The van der Waals surface area contributed by atoms with Gasteiger partial charge in [-0.25, -0.2) is 0 Å². The maximum absolute atomic E-state index is 13.4. The van der Waals surface area contributed by atoms with Crippen molar-refractivity contribution in [2.75, 3.05) is 0 Å². The van der Waals surface area contributed by atoms with E-state index in [0.29, 0.717) is 28.0 Å². The third-order valence-electron chi connectivity index (χ3n) is 6.56. The van der Waals surface area contributed by atoms with E-state index in [2.05, 4.69) is 0 Å². The van der Waals surface area contributed by atoms with Crippen LogP contribution in [-0.2, 0) is 27.0 Å². The minimum atomic E-state index is -0.863. The molecule has 1 saturated heterocycles. The number of amides is 1. The zero-order valence-corrected chi connectivity index (χ0v) is 21.6. The SMILES string of the molecule is CC(C)(C)c1cc(C2C(=C(O)c3ccccc3)C(=O)C(=O)N2Cc2ccco2)cc(C(C)(C)C)c1O. The van der Waals surface area contributed by atoms with E-state index in [1.165, 1.54) is 11.2 Å². The first-order chi connectivity index (χ1) is 16.8. The van der Waals surface area contributed by atoms with E-state index >= 15 is 0 Å². The average Bonchev–Trinajstić information content (AvgIpc) is 3.40. The number of carbonyl (C=O) groups excluding carboxylic acids is 2. The Hall–Kier alpha value is -3.80. The highest BCUT2D eigenvalue weighted by Gasteiger charge is 2.47. The molecule has 1 amide bonds. The highest BCUT2D eigenvalue weighted by Crippen LogP contribution is 2.46. The molecule has 0 aliphatic carbocycles. The Bertz CT molecular complexity index is 1290. The van der Waals surface area contributed by atoms with Crippen LogP contribution in [0, 0.1) is 0 Å². The number of aromatic hydroxyl groups is 1. The molecule has 6 heteroatoms. The molecule has 3 aromatic rings. The van der Waals surface area contributed by atoms with Gasteiger partial charge in [0.15, 0.2) is 0 Å². The van der Waals surface area contributed by atoms with Gasteiger partial charge in [-0.2, -0.15) is 0 Å². The van der Waals surface area contributed by atoms with Gasteiger partial charge in [-0.3, -0.25) is 9.59 Å². The highest BCUT2D eigenvalue weighted by molar-refractivity contribution is 6.46. The number of hydrogen-bond acceptors (Lipinski definition) is 5. The van der Waals surface area contributed by atoms with Gasteiger partial charge in [-0.15, -0.1) is 0 Å². The largest absolute Gasteiger partial charge is 0.507 e. The van der Waals surface area contributed by atoms with E-state index in [0.717, 1.165) is 0 Å². The predicted octanol–water partition coefficient (Wildman–Crippen LogP) is 6.20. The lowest BCUT2D eigenvalue weighted by Crippen LogP contribution is -2.29. The van der Waals surface area contributed by atoms with E-state index in [9.17, 15) is 19.8 Å². The van der Waals surface area contributed by atoms with Crippen LogP contribution in [0.1, 0.15) is 75.6 Å². The van der Waals surface area contributed by atoms with Gasteiger partial charge in [-0.1, -0.05) is 71.9 Å². The molecule has 0 spiro atoms. The average molecular weight is 488 g/mol. The first kappa shape index (κ1) is 25.3. The molecule has 0 radical (unpaired) electrons. The minimum Gasteiger partial charge on any atom is -0.507 e. The summed E-state index contributed by atoms with van der Waals surface area (Å²) < 4.78 is 5.49. The molecule has 36 heavy (non-hydrogen) atoms. The van der Waals surface area contributed by atoms with Crippen LogP contribution in [0.4, 0.5) is 0 Å². The Kier molecular flexibility index (Phi) is 6.33. The summed E-state index contributed by atoms with van der Waals surface area (Å²) in [6.07, 6.45) is 1.51. The molecule has 4 rings (SSSR count). The van der Waals surface area contributed by atoms with Crippen molar-refractivity contribution in [3.8, 4) is 5.75 Å². The number of nitrogens with zero attached hydrogens (tertiary/aromatic N) is 1. The van der Waals surface area contributed by atoms with Gasteiger partial charge < -0.3 is 19.5 Å². The third-order valence-corrected chi connectivity index (χ3v) is 6.56. The van der Waals surface area contributed by atoms with Crippen molar-refractivity contribution in [2.45, 2.75) is 65.0 Å². The smallest absolute Gasteiger partial charge is 0.296 e. The van der Waals surface area contributed by atoms with Gasteiger partial charge in [0, 0.05) is 5.56 Å². The summed E-state index contributed by atoms with van der Waals surface area (Å²) in [5.41, 5.74) is 1.69. The number of hydrogen-bond donors (Lipinski definition) is 2. The number of ketones is 1. The molecule has 0 saturated carbocycles. The molecule has 1 aliphatic heterocycles. The summed E-state index contributed by atoms with van der Waals surface area (Å²) in [6.45, 7) is 12.1. The highest BCUT2D eigenvalue weighted by atomic mass is 16.3. The van der Waals surface area contributed by atoms with Gasteiger partial charge in [0.25, 0.3) is 11.7 Å². The first-order valence-electron chi connectivity index (χ1n) is 12.0. The number of phenolic OH excluding ortho intramolecular Hbond substituents is 1. The van der Waals surface area contributed by atoms with Gasteiger partial charge in [0.05, 0.1) is 24.4 Å². The number of rotatable bonds is 4. The van der Waals surface area contributed by atoms with Crippen molar-refractivity contribution in [1.29, 1.82) is 0 Å². The third kappa shape index (κ3) is 4.55. The Morgan fingerprint density at radius 1 is 0.917 bits per heavy atom. The maximum Gasteiger partial charge on any atom is 0.296 e. The molecule has 188 valence electrons. The van der Waals surface area contributed by atoms with Crippen LogP contribution in [0.5, 0.6) is 5.75 Å². The second-order valence-electron chi connectivity index (χ2n) is 11.3. The Balaban J connectivity index is 2.02. The fourth-order valence-electron chi connectivity index (χ4n) is 4.67. The number of carbonyl (C=O) groups is 2. The quantitative estimate of drug-likeness (QED) is 0.260. The molecule has 0 bridgehead atoms.